The highest BCUT2D eigenvalue weighted by Gasteiger charge is 2.27. The van der Waals surface area contributed by atoms with Gasteiger partial charge in [0.05, 0.1) is 40.9 Å². The van der Waals surface area contributed by atoms with Crippen LogP contribution in [0.1, 0.15) is 5.56 Å². The van der Waals surface area contributed by atoms with Crippen LogP contribution in [0.3, 0.4) is 0 Å². The first kappa shape index (κ1) is 21.9. The van der Waals surface area contributed by atoms with E-state index in [1.54, 1.807) is 38.4 Å². The van der Waals surface area contributed by atoms with Crippen molar-refractivity contribution in [3.63, 3.8) is 0 Å². The lowest BCUT2D eigenvalue weighted by atomic mass is 10.1. The molecule has 0 aromatic heterocycles. The molecule has 32 heavy (non-hydrogen) atoms. The monoisotopic (exact) mass is 445 g/mol. The zero-order chi connectivity index (χ0) is 22.5. The van der Waals surface area contributed by atoms with Crippen molar-refractivity contribution in [3.05, 3.63) is 35.9 Å². The van der Waals surface area contributed by atoms with Crippen LogP contribution < -0.4 is 28.4 Å². The quantitative estimate of drug-likeness (QED) is 0.612. The molecule has 1 unspecified atom stereocenters. The molecule has 1 fully saturated rings. The normalized spacial score (nSPS) is 17.1. The van der Waals surface area contributed by atoms with Crippen molar-refractivity contribution in [3.8, 4) is 34.5 Å². The fourth-order valence-corrected chi connectivity index (χ4v) is 3.78. The van der Waals surface area contributed by atoms with Crippen molar-refractivity contribution in [1.29, 1.82) is 0 Å². The number of fused-ring (bicyclic) bond motifs is 1. The molecule has 1 atom stereocenters. The Labute approximate surface area is 186 Å². The van der Waals surface area contributed by atoms with Crippen molar-refractivity contribution in [2.45, 2.75) is 12.5 Å². The number of nitrogens with zero attached hydrogens (tertiary/aromatic N) is 1. The average Bonchev–Trinajstić information content (AvgIpc) is 3.30. The van der Waals surface area contributed by atoms with Gasteiger partial charge >= 0.3 is 0 Å². The summed E-state index contributed by atoms with van der Waals surface area (Å²) >= 11 is 0. The van der Waals surface area contributed by atoms with Crippen LogP contribution in [0, 0.1) is 0 Å². The molecule has 0 saturated carbocycles. The Morgan fingerprint density at radius 1 is 1.03 bits per heavy atom. The number of hydrogen-bond acceptors (Lipinski definition) is 8. The molecule has 2 aliphatic heterocycles. The van der Waals surface area contributed by atoms with Gasteiger partial charge in [0.1, 0.15) is 18.5 Å². The molecule has 1 amide bonds. The molecule has 0 N–H and O–H groups in total. The molecule has 4 rings (SSSR count). The fraction of sp³-hybridized carbons (Fsp3) is 0.435. The predicted molar refractivity (Wildman–Crippen MR) is 114 cm³/mol. The van der Waals surface area contributed by atoms with Crippen LogP contribution in [-0.2, 0) is 16.0 Å². The summed E-state index contributed by atoms with van der Waals surface area (Å²) < 4.78 is 38.6. The molecule has 0 radical (unpaired) electrons. The molecule has 2 heterocycles. The molecular formula is C23H27NO8. The van der Waals surface area contributed by atoms with Gasteiger partial charge in [-0.25, -0.2) is 0 Å². The number of amides is 1. The van der Waals surface area contributed by atoms with Crippen molar-refractivity contribution in [1.82, 2.24) is 4.90 Å². The number of benzene rings is 2. The van der Waals surface area contributed by atoms with Crippen LogP contribution in [0.2, 0.25) is 0 Å². The van der Waals surface area contributed by atoms with Gasteiger partial charge in [-0.2, -0.15) is 0 Å². The number of hydrogen-bond donors (Lipinski definition) is 0. The SMILES string of the molecule is COc1ccc(CC(=O)N2CCOC(COc3ccc4c(c3)OCO4)C2)c(OC)c1OC. The Morgan fingerprint density at radius 2 is 1.84 bits per heavy atom. The van der Waals surface area contributed by atoms with Gasteiger partial charge in [0.25, 0.3) is 0 Å². The zero-order valence-corrected chi connectivity index (χ0v) is 18.4. The molecule has 2 aromatic rings. The van der Waals surface area contributed by atoms with Crippen LogP contribution in [0.4, 0.5) is 0 Å². The number of methoxy groups -OCH3 is 3. The second kappa shape index (κ2) is 9.86. The van der Waals surface area contributed by atoms with E-state index in [0.29, 0.717) is 60.8 Å². The number of ether oxygens (including phenoxy) is 7. The Balaban J connectivity index is 1.36. The van der Waals surface area contributed by atoms with E-state index in [-0.39, 0.29) is 25.2 Å². The van der Waals surface area contributed by atoms with Gasteiger partial charge in [-0.15, -0.1) is 0 Å². The minimum Gasteiger partial charge on any atom is -0.493 e. The zero-order valence-electron chi connectivity index (χ0n) is 18.4. The van der Waals surface area contributed by atoms with Crippen molar-refractivity contribution < 1.29 is 38.0 Å². The second-order valence-electron chi connectivity index (χ2n) is 7.33. The third-order valence-corrected chi connectivity index (χ3v) is 5.40. The van der Waals surface area contributed by atoms with E-state index in [1.165, 1.54) is 0 Å². The lowest BCUT2D eigenvalue weighted by Crippen LogP contribution is -2.48. The van der Waals surface area contributed by atoms with Crippen LogP contribution >= 0.6 is 0 Å². The smallest absolute Gasteiger partial charge is 0.231 e. The van der Waals surface area contributed by atoms with E-state index in [0.717, 1.165) is 5.56 Å². The summed E-state index contributed by atoms with van der Waals surface area (Å²) in [4.78, 5) is 14.8. The predicted octanol–water partition coefficient (Wildman–Crippen LogP) is 2.29. The fourth-order valence-electron chi connectivity index (χ4n) is 3.78. The van der Waals surface area contributed by atoms with Crippen molar-refractivity contribution in [2.75, 3.05) is 54.4 Å². The summed E-state index contributed by atoms with van der Waals surface area (Å²) in [5, 5.41) is 0. The van der Waals surface area contributed by atoms with Gasteiger partial charge in [-0.1, -0.05) is 6.07 Å². The standard InChI is InChI=1S/C23H27NO8/c1-26-19-6-4-15(22(27-2)23(19)28-3)10-21(25)24-8-9-29-17(12-24)13-30-16-5-7-18-20(11-16)32-14-31-18/h4-7,11,17H,8-10,12-14H2,1-3H3. The second-order valence-corrected chi connectivity index (χ2v) is 7.33. The van der Waals surface area contributed by atoms with Gasteiger partial charge in [0.2, 0.25) is 18.4 Å². The minimum atomic E-state index is -0.231. The summed E-state index contributed by atoms with van der Waals surface area (Å²) in [5.41, 5.74) is 0.731. The van der Waals surface area contributed by atoms with E-state index in [2.05, 4.69) is 0 Å². The summed E-state index contributed by atoms with van der Waals surface area (Å²) in [7, 11) is 4.64. The molecule has 0 aliphatic carbocycles. The molecule has 0 spiro atoms. The molecule has 172 valence electrons. The summed E-state index contributed by atoms with van der Waals surface area (Å²) in [6.07, 6.45) is -0.0513. The molecule has 0 bridgehead atoms. The maximum absolute atomic E-state index is 13.0. The average molecular weight is 445 g/mol. The first-order valence-corrected chi connectivity index (χ1v) is 10.3. The number of rotatable bonds is 8. The molecule has 2 aliphatic rings. The molecule has 9 nitrogen and oxygen atoms in total. The topological polar surface area (TPSA) is 84.9 Å². The highest BCUT2D eigenvalue weighted by molar-refractivity contribution is 5.80. The van der Waals surface area contributed by atoms with Crippen LogP contribution in [0.15, 0.2) is 30.3 Å². The van der Waals surface area contributed by atoms with Gasteiger partial charge < -0.3 is 38.1 Å². The largest absolute Gasteiger partial charge is 0.493 e. The van der Waals surface area contributed by atoms with Gasteiger partial charge in [0, 0.05) is 18.2 Å². The third kappa shape index (κ3) is 4.62. The summed E-state index contributed by atoms with van der Waals surface area (Å²) in [6.45, 7) is 1.95. The van der Waals surface area contributed by atoms with Crippen LogP contribution in [0.5, 0.6) is 34.5 Å². The summed E-state index contributed by atoms with van der Waals surface area (Å²) in [5.74, 6) is 3.52. The number of carbonyl (C=O) groups excluding carboxylic acids is 1. The van der Waals surface area contributed by atoms with E-state index in [1.807, 2.05) is 18.2 Å². The van der Waals surface area contributed by atoms with E-state index in [9.17, 15) is 4.79 Å². The Bertz CT molecular complexity index is 963. The highest BCUT2D eigenvalue weighted by Crippen LogP contribution is 2.40. The van der Waals surface area contributed by atoms with E-state index >= 15 is 0 Å². The summed E-state index contributed by atoms with van der Waals surface area (Å²) in [6, 6.07) is 9.01. The first-order valence-electron chi connectivity index (χ1n) is 10.3. The van der Waals surface area contributed by atoms with Crippen molar-refractivity contribution >= 4 is 5.91 Å². The maximum atomic E-state index is 13.0. The molecule has 2 aromatic carbocycles. The third-order valence-electron chi connectivity index (χ3n) is 5.40. The Hall–Kier alpha value is -3.33. The van der Waals surface area contributed by atoms with Crippen molar-refractivity contribution in [2.24, 2.45) is 0 Å². The van der Waals surface area contributed by atoms with Crippen LogP contribution in [-0.4, -0.2) is 71.3 Å². The van der Waals surface area contributed by atoms with Gasteiger partial charge in [0.15, 0.2) is 23.0 Å². The molecule has 1 saturated heterocycles. The lowest BCUT2D eigenvalue weighted by Gasteiger charge is -2.33. The Morgan fingerprint density at radius 3 is 2.62 bits per heavy atom. The molecular weight excluding hydrogens is 418 g/mol. The Kier molecular flexibility index (Phi) is 6.75. The first-order chi connectivity index (χ1) is 15.6. The van der Waals surface area contributed by atoms with Crippen LogP contribution in [0.25, 0.3) is 0 Å². The number of morpholine rings is 1. The number of carbonyl (C=O) groups is 1. The molecule has 9 heteroatoms. The van der Waals surface area contributed by atoms with Gasteiger partial charge in [-0.3, -0.25) is 4.79 Å². The maximum Gasteiger partial charge on any atom is 0.231 e. The highest BCUT2D eigenvalue weighted by atomic mass is 16.7. The van der Waals surface area contributed by atoms with E-state index in [4.69, 9.17) is 33.2 Å². The minimum absolute atomic E-state index is 0.0214. The van der Waals surface area contributed by atoms with E-state index < -0.39 is 0 Å². The lowest BCUT2D eigenvalue weighted by molar-refractivity contribution is -0.139. The van der Waals surface area contributed by atoms with Gasteiger partial charge in [-0.05, 0) is 18.2 Å².